The molecule has 1 aliphatic rings. The van der Waals surface area contributed by atoms with Crippen LogP contribution in [0.4, 0.5) is 5.95 Å². The molecule has 10 heteroatoms. The highest BCUT2D eigenvalue weighted by molar-refractivity contribution is 7.90. The van der Waals surface area contributed by atoms with E-state index < -0.39 is 9.84 Å². The number of hydrogen-bond donors (Lipinski definition) is 1. The molecule has 5 rings (SSSR count). The van der Waals surface area contributed by atoms with Crippen LogP contribution in [0.15, 0.2) is 52.7 Å². The van der Waals surface area contributed by atoms with Crippen LogP contribution in [0.2, 0.25) is 0 Å². The third kappa shape index (κ3) is 5.80. The number of ether oxygens (including phenoxy) is 1. The molecule has 196 valence electrons. The molecule has 0 unspecified atom stereocenters. The van der Waals surface area contributed by atoms with Crippen LogP contribution in [-0.4, -0.2) is 48.7 Å². The van der Waals surface area contributed by atoms with E-state index in [1.54, 1.807) is 23.5 Å². The lowest BCUT2D eigenvalue weighted by atomic mass is 10.0. The molecule has 0 amide bonds. The van der Waals surface area contributed by atoms with Gasteiger partial charge >= 0.3 is 0 Å². The molecule has 0 aliphatic carbocycles. The van der Waals surface area contributed by atoms with Gasteiger partial charge in [0.1, 0.15) is 10.6 Å². The van der Waals surface area contributed by atoms with Gasteiger partial charge in [0.05, 0.1) is 21.9 Å². The first-order chi connectivity index (χ1) is 18.2. The predicted molar refractivity (Wildman–Crippen MR) is 150 cm³/mol. The second-order valence-electron chi connectivity index (χ2n) is 9.76. The van der Waals surface area contributed by atoms with Gasteiger partial charge < -0.3 is 10.1 Å². The van der Waals surface area contributed by atoms with Crippen molar-refractivity contribution in [3.8, 4) is 17.7 Å². The van der Waals surface area contributed by atoms with E-state index >= 15 is 0 Å². The Morgan fingerprint density at radius 2 is 1.79 bits per heavy atom. The molecular formula is C28H29N5O3S2. The summed E-state index contributed by atoms with van der Waals surface area (Å²) in [5.41, 5.74) is 3.48. The zero-order valence-corrected chi connectivity index (χ0v) is 23.2. The molecule has 0 atom stereocenters. The van der Waals surface area contributed by atoms with E-state index in [2.05, 4.69) is 16.3 Å². The first-order valence-corrected chi connectivity index (χ1v) is 15.2. The van der Waals surface area contributed by atoms with Crippen molar-refractivity contribution in [2.24, 2.45) is 0 Å². The van der Waals surface area contributed by atoms with Gasteiger partial charge in [0.2, 0.25) is 11.8 Å². The number of rotatable bonds is 7. The maximum absolute atomic E-state index is 11.7. The monoisotopic (exact) mass is 547 g/mol. The Balaban J connectivity index is 1.25. The van der Waals surface area contributed by atoms with Crippen LogP contribution in [-0.2, 0) is 16.4 Å². The molecule has 0 radical (unpaired) electrons. The van der Waals surface area contributed by atoms with Gasteiger partial charge in [0.15, 0.2) is 9.84 Å². The largest absolute Gasteiger partial charge is 0.438 e. The van der Waals surface area contributed by atoms with Crippen molar-refractivity contribution in [3.63, 3.8) is 0 Å². The number of nitrogens with zero attached hydrogens (tertiary/aromatic N) is 4. The highest BCUT2D eigenvalue weighted by Crippen LogP contribution is 2.35. The fourth-order valence-corrected chi connectivity index (χ4v) is 6.15. The maximum Gasteiger partial charge on any atom is 0.232 e. The van der Waals surface area contributed by atoms with Crippen molar-refractivity contribution in [3.05, 3.63) is 70.1 Å². The van der Waals surface area contributed by atoms with Crippen LogP contribution in [0.1, 0.15) is 35.1 Å². The Morgan fingerprint density at radius 1 is 1.11 bits per heavy atom. The Labute approximate surface area is 226 Å². The molecule has 2 aromatic carbocycles. The van der Waals surface area contributed by atoms with Gasteiger partial charge in [0.25, 0.3) is 0 Å². The number of anilines is 1. The third-order valence-corrected chi connectivity index (χ3v) is 8.69. The molecule has 3 heterocycles. The number of nitrogens with one attached hydrogen (secondary N) is 1. The topological polar surface area (TPSA) is 108 Å². The molecule has 4 aromatic rings. The SMILES string of the molecule is Cc1cc(C#N)cc(C)c1Oc1nc(NC2CCN(Cc3ccc(S(C)(=O)=O)cc3)CC2)nc2sccc12. The molecule has 2 aromatic heterocycles. The van der Waals surface area contributed by atoms with Crippen molar-refractivity contribution in [1.82, 2.24) is 14.9 Å². The Bertz CT molecular complexity index is 1590. The van der Waals surface area contributed by atoms with Crippen molar-refractivity contribution in [1.29, 1.82) is 5.26 Å². The van der Waals surface area contributed by atoms with Crippen molar-refractivity contribution in [2.75, 3.05) is 24.7 Å². The first-order valence-electron chi connectivity index (χ1n) is 12.4. The Morgan fingerprint density at radius 3 is 2.42 bits per heavy atom. The molecule has 1 fully saturated rings. The first kappa shape index (κ1) is 26.1. The number of nitriles is 1. The van der Waals surface area contributed by atoms with E-state index in [9.17, 15) is 13.7 Å². The minimum absolute atomic E-state index is 0.238. The average Bonchev–Trinajstić information content (AvgIpc) is 3.36. The summed E-state index contributed by atoms with van der Waals surface area (Å²) in [4.78, 5) is 13.0. The molecule has 1 saturated heterocycles. The molecule has 0 bridgehead atoms. The lowest BCUT2D eigenvalue weighted by molar-refractivity contribution is 0.211. The summed E-state index contributed by atoms with van der Waals surface area (Å²) >= 11 is 1.55. The lowest BCUT2D eigenvalue weighted by Crippen LogP contribution is -2.39. The zero-order valence-electron chi connectivity index (χ0n) is 21.6. The summed E-state index contributed by atoms with van der Waals surface area (Å²) in [6.45, 7) is 6.49. The summed E-state index contributed by atoms with van der Waals surface area (Å²) in [7, 11) is -3.18. The van der Waals surface area contributed by atoms with Crippen molar-refractivity contribution >= 4 is 37.3 Å². The number of piperidine rings is 1. The van der Waals surface area contributed by atoms with Crippen LogP contribution in [0.5, 0.6) is 11.6 Å². The third-order valence-electron chi connectivity index (χ3n) is 6.76. The highest BCUT2D eigenvalue weighted by Gasteiger charge is 2.22. The number of sulfone groups is 1. The van der Waals surface area contributed by atoms with Crippen LogP contribution in [0.25, 0.3) is 10.2 Å². The van der Waals surface area contributed by atoms with E-state index in [1.807, 2.05) is 49.6 Å². The molecule has 38 heavy (non-hydrogen) atoms. The minimum Gasteiger partial charge on any atom is -0.438 e. The van der Waals surface area contributed by atoms with Gasteiger partial charge in [0, 0.05) is 31.9 Å². The summed E-state index contributed by atoms with van der Waals surface area (Å²) in [6.07, 6.45) is 3.11. The maximum atomic E-state index is 11.7. The van der Waals surface area contributed by atoms with Gasteiger partial charge in [-0.15, -0.1) is 11.3 Å². The molecule has 8 nitrogen and oxygen atoms in total. The standard InChI is InChI=1S/C28H29N5O3S2/c1-18-14-21(16-29)15-19(2)25(18)36-26-24-10-13-37-27(24)32-28(31-26)30-22-8-11-33(12-9-22)17-20-4-6-23(7-5-20)38(3,34)35/h4-7,10,13-15,22H,8-9,11-12,17H2,1-3H3,(H,30,31,32). The second-order valence-corrected chi connectivity index (χ2v) is 12.7. The van der Waals surface area contributed by atoms with E-state index in [1.165, 1.54) is 6.26 Å². The van der Waals surface area contributed by atoms with E-state index in [4.69, 9.17) is 14.7 Å². The van der Waals surface area contributed by atoms with Crippen LogP contribution in [0, 0.1) is 25.2 Å². The minimum atomic E-state index is -3.18. The van der Waals surface area contributed by atoms with Gasteiger partial charge in [-0.25, -0.2) is 13.4 Å². The van der Waals surface area contributed by atoms with E-state index in [0.717, 1.165) is 59.4 Å². The number of benzene rings is 2. The van der Waals surface area contributed by atoms with Crippen molar-refractivity contribution in [2.45, 2.75) is 44.2 Å². The normalized spacial score (nSPS) is 14.9. The quantitative estimate of drug-likeness (QED) is 0.325. The molecule has 1 N–H and O–H groups in total. The number of aromatic nitrogens is 2. The van der Waals surface area contributed by atoms with Gasteiger partial charge in [-0.3, -0.25) is 4.90 Å². The van der Waals surface area contributed by atoms with Crippen molar-refractivity contribution < 1.29 is 13.2 Å². The van der Waals surface area contributed by atoms with Gasteiger partial charge in [-0.1, -0.05) is 12.1 Å². The lowest BCUT2D eigenvalue weighted by Gasteiger charge is -2.32. The smallest absolute Gasteiger partial charge is 0.232 e. The summed E-state index contributed by atoms with van der Waals surface area (Å²) in [5, 5.41) is 15.6. The fourth-order valence-electron chi connectivity index (χ4n) is 4.76. The van der Waals surface area contributed by atoms with E-state index in [-0.39, 0.29) is 6.04 Å². The zero-order chi connectivity index (χ0) is 26.9. The van der Waals surface area contributed by atoms with Crippen LogP contribution < -0.4 is 10.1 Å². The average molecular weight is 548 g/mol. The summed E-state index contributed by atoms with van der Waals surface area (Å²) in [6, 6.07) is 15.2. The Hall–Kier alpha value is -3.52. The number of thiophene rings is 1. The summed E-state index contributed by atoms with van der Waals surface area (Å²) < 4.78 is 29.7. The Kier molecular flexibility index (Phi) is 7.34. The number of fused-ring (bicyclic) bond motifs is 1. The fraction of sp³-hybridized carbons (Fsp3) is 0.321. The molecule has 0 saturated carbocycles. The number of aryl methyl sites for hydroxylation is 2. The molecular weight excluding hydrogens is 518 g/mol. The molecule has 1 aliphatic heterocycles. The van der Waals surface area contributed by atoms with E-state index in [0.29, 0.717) is 28.0 Å². The van der Waals surface area contributed by atoms with Crippen LogP contribution in [0.3, 0.4) is 0 Å². The predicted octanol–water partition coefficient (Wildman–Crippen LogP) is 5.45. The number of likely N-dealkylation sites (tertiary alicyclic amines) is 1. The van der Waals surface area contributed by atoms with Gasteiger partial charge in [-0.05, 0) is 79.1 Å². The molecule has 0 spiro atoms. The van der Waals surface area contributed by atoms with Gasteiger partial charge in [-0.2, -0.15) is 10.2 Å². The second kappa shape index (κ2) is 10.7. The summed E-state index contributed by atoms with van der Waals surface area (Å²) in [5.74, 6) is 1.76. The highest BCUT2D eigenvalue weighted by atomic mass is 32.2. The van der Waals surface area contributed by atoms with Crippen LogP contribution >= 0.6 is 11.3 Å². The number of hydrogen-bond acceptors (Lipinski definition) is 9.